The predicted molar refractivity (Wildman–Crippen MR) is 52.6 cm³/mol. The Morgan fingerprint density at radius 1 is 1.29 bits per heavy atom. The molecule has 1 aromatic heterocycles. The minimum atomic E-state index is 0.413. The number of nitrogens with two attached hydrogens (primary N) is 1. The summed E-state index contributed by atoms with van der Waals surface area (Å²) in [6, 6.07) is 9.50. The van der Waals surface area contributed by atoms with E-state index in [1.807, 2.05) is 30.3 Å². The third kappa shape index (κ3) is 1.77. The van der Waals surface area contributed by atoms with E-state index in [0.29, 0.717) is 5.84 Å². The van der Waals surface area contributed by atoms with Crippen LogP contribution in [0.2, 0.25) is 0 Å². The average Bonchev–Trinajstić information content (AvgIpc) is 2.72. The van der Waals surface area contributed by atoms with Crippen molar-refractivity contribution in [2.24, 2.45) is 10.8 Å². The lowest BCUT2D eigenvalue weighted by atomic mass is 10.2. The van der Waals surface area contributed by atoms with Gasteiger partial charge in [-0.2, -0.15) is 0 Å². The van der Waals surface area contributed by atoms with Gasteiger partial charge in [0.2, 0.25) is 0 Å². The average molecular weight is 187 g/mol. The van der Waals surface area contributed by atoms with Crippen molar-refractivity contribution in [1.29, 1.82) is 0 Å². The molecular weight excluding hydrogens is 178 g/mol. The molecule has 0 saturated heterocycles. The maximum Gasteiger partial charge on any atom is 0.153 e. The minimum absolute atomic E-state index is 0.413. The fraction of sp³-hybridized carbons (Fsp3) is 0. The van der Waals surface area contributed by atoms with Gasteiger partial charge in [-0.1, -0.05) is 30.3 Å². The summed E-state index contributed by atoms with van der Waals surface area (Å²) in [6.07, 6.45) is 2.89. The molecule has 2 rings (SSSR count). The van der Waals surface area contributed by atoms with Crippen molar-refractivity contribution in [2.75, 3.05) is 0 Å². The standard InChI is InChI=1S/C9H9N5/c10-9(8-4-2-1-3-5-8)13-14-7-11-6-12-14/h1-7H,(H2,10,13). The zero-order valence-electron chi connectivity index (χ0n) is 7.41. The van der Waals surface area contributed by atoms with E-state index >= 15 is 0 Å². The van der Waals surface area contributed by atoms with Crippen molar-refractivity contribution in [2.45, 2.75) is 0 Å². The van der Waals surface area contributed by atoms with Gasteiger partial charge in [-0.3, -0.25) is 0 Å². The van der Waals surface area contributed by atoms with E-state index in [1.165, 1.54) is 17.4 Å². The van der Waals surface area contributed by atoms with Gasteiger partial charge in [0.25, 0.3) is 0 Å². The predicted octanol–water partition coefficient (Wildman–Crippen LogP) is 0.447. The number of hydrogen-bond acceptors (Lipinski definition) is 3. The second-order valence-corrected chi connectivity index (χ2v) is 2.67. The number of hydrogen-bond donors (Lipinski definition) is 1. The highest BCUT2D eigenvalue weighted by Gasteiger charge is 1.96. The first kappa shape index (κ1) is 8.43. The van der Waals surface area contributed by atoms with Crippen LogP contribution in [-0.2, 0) is 0 Å². The zero-order chi connectivity index (χ0) is 9.80. The molecule has 70 valence electrons. The third-order valence-corrected chi connectivity index (χ3v) is 1.69. The van der Waals surface area contributed by atoms with Crippen molar-refractivity contribution in [1.82, 2.24) is 14.9 Å². The van der Waals surface area contributed by atoms with E-state index in [2.05, 4.69) is 15.2 Å². The van der Waals surface area contributed by atoms with Gasteiger partial charge in [0.1, 0.15) is 12.7 Å². The van der Waals surface area contributed by atoms with Crippen LogP contribution in [-0.4, -0.2) is 20.7 Å². The van der Waals surface area contributed by atoms with Crippen LogP contribution in [0.1, 0.15) is 5.56 Å². The Balaban J connectivity index is 2.29. The van der Waals surface area contributed by atoms with Crippen LogP contribution in [0, 0.1) is 0 Å². The summed E-state index contributed by atoms with van der Waals surface area (Å²) in [7, 11) is 0. The van der Waals surface area contributed by atoms with Gasteiger partial charge in [-0.05, 0) is 0 Å². The summed E-state index contributed by atoms with van der Waals surface area (Å²) < 4.78 is 0. The number of nitrogens with zero attached hydrogens (tertiary/aromatic N) is 4. The topological polar surface area (TPSA) is 69.1 Å². The van der Waals surface area contributed by atoms with Gasteiger partial charge < -0.3 is 5.73 Å². The van der Waals surface area contributed by atoms with Crippen LogP contribution in [0.4, 0.5) is 0 Å². The smallest absolute Gasteiger partial charge is 0.153 e. The molecule has 0 aliphatic carbocycles. The molecule has 0 amide bonds. The van der Waals surface area contributed by atoms with Crippen LogP contribution in [0.3, 0.4) is 0 Å². The Kier molecular flexibility index (Phi) is 2.22. The SMILES string of the molecule is NC(=Nn1cncn1)c1ccccc1. The summed E-state index contributed by atoms with van der Waals surface area (Å²) in [5.41, 5.74) is 6.61. The number of amidine groups is 1. The van der Waals surface area contributed by atoms with Crippen molar-refractivity contribution < 1.29 is 0 Å². The van der Waals surface area contributed by atoms with Gasteiger partial charge in [-0.15, -0.1) is 15.0 Å². The molecule has 2 aromatic rings. The lowest BCUT2D eigenvalue weighted by molar-refractivity contribution is 0.737. The highest BCUT2D eigenvalue weighted by atomic mass is 15.5. The third-order valence-electron chi connectivity index (χ3n) is 1.69. The fourth-order valence-corrected chi connectivity index (χ4v) is 1.03. The number of rotatable bonds is 2. The normalized spacial score (nSPS) is 11.6. The molecule has 5 nitrogen and oxygen atoms in total. The van der Waals surface area contributed by atoms with Crippen LogP contribution in [0.15, 0.2) is 48.1 Å². The summed E-state index contributed by atoms with van der Waals surface area (Å²) in [6.45, 7) is 0. The molecule has 0 aliphatic heterocycles. The van der Waals surface area contributed by atoms with E-state index in [9.17, 15) is 0 Å². The lowest BCUT2D eigenvalue weighted by Gasteiger charge is -1.98. The monoisotopic (exact) mass is 187 g/mol. The fourth-order valence-electron chi connectivity index (χ4n) is 1.03. The zero-order valence-corrected chi connectivity index (χ0v) is 7.41. The number of benzene rings is 1. The van der Waals surface area contributed by atoms with Crippen molar-refractivity contribution >= 4 is 5.84 Å². The Hall–Kier alpha value is -2.17. The van der Waals surface area contributed by atoms with E-state index < -0.39 is 0 Å². The molecule has 0 spiro atoms. The van der Waals surface area contributed by atoms with Crippen molar-refractivity contribution in [3.8, 4) is 0 Å². The maximum absolute atomic E-state index is 5.75. The molecule has 0 saturated carbocycles. The Labute approximate surface area is 80.9 Å². The van der Waals surface area contributed by atoms with Gasteiger partial charge in [0.15, 0.2) is 5.84 Å². The molecule has 0 radical (unpaired) electrons. The molecule has 14 heavy (non-hydrogen) atoms. The van der Waals surface area contributed by atoms with Gasteiger partial charge in [0, 0.05) is 5.56 Å². The quantitative estimate of drug-likeness (QED) is 0.548. The Bertz CT molecular complexity index is 418. The Morgan fingerprint density at radius 2 is 2.07 bits per heavy atom. The van der Waals surface area contributed by atoms with Crippen molar-refractivity contribution in [3.63, 3.8) is 0 Å². The second kappa shape index (κ2) is 3.69. The molecule has 0 bridgehead atoms. The molecule has 1 heterocycles. The Morgan fingerprint density at radius 3 is 2.71 bits per heavy atom. The maximum atomic E-state index is 5.75. The molecule has 0 unspecified atom stereocenters. The first-order valence-corrected chi connectivity index (χ1v) is 4.11. The summed E-state index contributed by atoms with van der Waals surface area (Å²) >= 11 is 0. The van der Waals surface area contributed by atoms with Crippen LogP contribution in [0.25, 0.3) is 0 Å². The first-order valence-electron chi connectivity index (χ1n) is 4.11. The molecule has 0 atom stereocenters. The molecule has 2 N–H and O–H groups in total. The van der Waals surface area contributed by atoms with Crippen LogP contribution < -0.4 is 5.73 Å². The van der Waals surface area contributed by atoms with Crippen molar-refractivity contribution in [3.05, 3.63) is 48.5 Å². The molecule has 0 aliphatic rings. The van der Waals surface area contributed by atoms with Crippen LogP contribution in [0.5, 0.6) is 0 Å². The summed E-state index contributed by atoms with van der Waals surface area (Å²) in [4.78, 5) is 5.08. The van der Waals surface area contributed by atoms with Gasteiger partial charge in [0.05, 0.1) is 0 Å². The summed E-state index contributed by atoms with van der Waals surface area (Å²) in [5.74, 6) is 0.413. The molecular formula is C9H9N5. The van der Waals surface area contributed by atoms with Gasteiger partial charge >= 0.3 is 0 Å². The first-order chi connectivity index (χ1) is 6.86. The van der Waals surface area contributed by atoms with Gasteiger partial charge in [-0.25, -0.2) is 4.98 Å². The minimum Gasteiger partial charge on any atom is -0.382 e. The summed E-state index contributed by atoms with van der Waals surface area (Å²) in [5, 5.41) is 7.85. The molecule has 5 heteroatoms. The highest BCUT2D eigenvalue weighted by Crippen LogP contribution is 1.97. The molecule has 0 fully saturated rings. The lowest BCUT2D eigenvalue weighted by Crippen LogP contribution is -2.15. The largest absolute Gasteiger partial charge is 0.382 e. The second-order valence-electron chi connectivity index (χ2n) is 2.67. The highest BCUT2D eigenvalue weighted by molar-refractivity contribution is 5.97. The van der Waals surface area contributed by atoms with E-state index in [0.717, 1.165) is 5.56 Å². The number of aromatic nitrogens is 3. The molecule has 1 aromatic carbocycles. The van der Waals surface area contributed by atoms with E-state index in [4.69, 9.17) is 5.73 Å². The van der Waals surface area contributed by atoms with E-state index in [-0.39, 0.29) is 0 Å². The van der Waals surface area contributed by atoms with Crippen LogP contribution >= 0.6 is 0 Å². The van der Waals surface area contributed by atoms with E-state index in [1.54, 1.807) is 0 Å².